The van der Waals surface area contributed by atoms with Gasteiger partial charge in [-0.15, -0.1) is 0 Å². The molecule has 0 aromatic heterocycles. The number of carboxylic acid groups (broad SMARTS) is 4. The molecule has 0 spiro atoms. The summed E-state index contributed by atoms with van der Waals surface area (Å²) >= 11 is 0. The van der Waals surface area contributed by atoms with Gasteiger partial charge in [0.15, 0.2) is 0 Å². The molecule has 6 unspecified atom stereocenters. The average molecular weight is 342 g/mol. The molecule has 0 radical (unpaired) electrons. The SMILES string of the molecule is CC1(C)C2CC(C(=O)O)C(C(=O)O)CC2CC(C(=O)O)C1C(=O)O. The van der Waals surface area contributed by atoms with E-state index in [0.29, 0.717) is 0 Å². The average Bonchev–Trinajstić information content (AvgIpc) is 2.44. The molecule has 8 nitrogen and oxygen atoms in total. The second-order valence-corrected chi connectivity index (χ2v) is 7.55. The summed E-state index contributed by atoms with van der Waals surface area (Å²) in [5, 5.41) is 37.6. The Morgan fingerprint density at radius 2 is 1.12 bits per heavy atom. The van der Waals surface area contributed by atoms with Gasteiger partial charge in [-0.2, -0.15) is 0 Å². The Hall–Kier alpha value is -2.12. The van der Waals surface area contributed by atoms with Crippen molar-refractivity contribution in [1.82, 2.24) is 0 Å². The number of hydrogen-bond acceptors (Lipinski definition) is 4. The Balaban J connectivity index is 2.43. The molecule has 0 aliphatic heterocycles. The van der Waals surface area contributed by atoms with Gasteiger partial charge in [-0.05, 0) is 36.5 Å². The van der Waals surface area contributed by atoms with Crippen LogP contribution in [-0.2, 0) is 19.2 Å². The molecule has 24 heavy (non-hydrogen) atoms. The lowest BCUT2D eigenvalue weighted by atomic mass is 9.49. The Bertz CT molecular complexity index is 579. The van der Waals surface area contributed by atoms with E-state index in [9.17, 15) is 39.6 Å². The molecule has 0 aromatic rings. The zero-order chi connectivity index (χ0) is 18.4. The standard InChI is InChI=1S/C16H22O8/c1-16(2)10-5-8(13(19)20)7(12(17)18)3-6(10)4-9(14(21)22)11(16)15(23)24/h6-11H,3-5H2,1-2H3,(H,17,18)(H,19,20)(H,21,22)(H,23,24). The predicted molar refractivity (Wildman–Crippen MR) is 79.1 cm³/mol. The minimum absolute atomic E-state index is 0.0556. The summed E-state index contributed by atoms with van der Waals surface area (Å²) in [5.41, 5.74) is -0.936. The van der Waals surface area contributed by atoms with E-state index in [4.69, 9.17) is 0 Å². The van der Waals surface area contributed by atoms with Crippen molar-refractivity contribution in [3.05, 3.63) is 0 Å². The van der Waals surface area contributed by atoms with E-state index in [1.165, 1.54) is 0 Å². The largest absolute Gasteiger partial charge is 0.481 e. The minimum Gasteiger partial charge on any atom is -0.481 e. The van der Waals surface area contributed by atoms with Crippen LogP contribution in [0.15, 0.2) is 0 Å². The molecule has 2 aliphatic carbocycles. The summed E-state index contributed by atoms with van der Waals surface area (Å²) < 4.78 is 0. The molecular formula is C16H22O8. The van der Waals surface area contributed by atoms with Gasteiger partial charge in [0.1, 0.15) is 0 Å². The Labute approximate surface area is 138 Å². The van der Waals surface area contributed by atoms with Gasteiger partial charge in [0.25, 0.3) is 0 Å². The van der Waals surface area contributed by atoms with Crippen LogP contribution in [0.3, 0.4) is 0 Å². The van der Waals surface area contributed by atoms with Crippen LogP contribution in [-0.4, -0.2) is 44.3 Å². The number of carbonyl (C=O) groups is 4. The van der Waals surface area contributed by atoms with Crippen molar-refractivity contribution in [1.29, 1.82) is 0 Å². The highest BCUT2D eigenvalue weighted by atomic mass is 16.4. The number of rotatable bonds is 4. The van der Waals surface area contributed by atoms with Gasteiger partial charge in [0, 0.05) is 0 Å². The van der Waals surface area contributed by atoms with Gasteiger partial charge in [0.05, 0.1) is 23.7 Å². The number of hydrogen-bond donors (Lipinski definition) is 4. The molecule has 0 aromatic carbocycles. The van der Waals surface area contributed by atoms with Crippen molar-refractivity contribution < 1.29 is 39.6 Å². The monoisotopic (exact) mass is 342 g/mol. The summed E-state index contributed by atoms with van der Waals surface area (Å²) in [6.45, 7) is 3.30. The van der Waals surface area contributed by atoms with Gasteiger partial charge in [-0.1, -0.05) is 13.8 Å². The maximum atomic E-state index is 11.7. The smallest absolute Gasteiger partial charge is 0.307 e. The topological polar surface area (TPSA) is 149 Å². The summed E-state index contributed by atoms with van der Waals surface area (Å²) in [7, 11) is 0. The Morgan fingerprint density at radius 3 is 1.54 bits per heavy atom. The van der Waals surface area contributed by atoms with Crippen LogP contribution >= 0.6 is 0 Å². The summed E-state index contributed by atoms with van der Waals surface area (Å²) in [6, 6.07) is 0. The fraction of sp³-hybridized carbons (Fsp3) is 0.750. The van der Waals surface area contributed by atoms with Crippen LogP contribution in [0.4, 0.5) is 0 Å². The molecule has 8 heteroatoms. The van der Waals surface area contributed by atoms with Gasteiger partial charge in [-0.3, -0.25) is 19.2 Å². The maximum Gasteiger partial charge on any atom is 0.307 e. The molecule has 0 amide bonds. The van der Waals surface area contributed by atoms with Crippen molar-refractivity contribution >= 4 is 23.9 Å². The van der Waals surface area contributed by atoms with Crippen LogP contribution < -0.4 is 0 Å². The van der Waals surface area contributed by atoms with Crippen molar-refractivity contribution in [3.8, 4) is 0 Å². The van der Waals surface area contributed by atoms with Gasteiger partial charge >= 0.3 is 23.9 Å². The molecule has 2 rings (SSSR count). The third-order valence-electron chi connectivity index (χ3n) is 6.05. The first-order valence-corrected chi connectivity index (χ1v) is 7.89. The normalized spacial score (nSPS) is 37.9. The fourth-order valence-corrected chi connectivity index (χ4v) is 4.95. The van der Waals surface area contributed by atoms with Gasteiger partial charge in [-0.25, -0.2) is 0 Å². The van der Waals surface area contributed by atoms with E-state index in [0.717, 1.165) is 0 Å². The highest BCUT2D eigenvalue weighted by molar-refractivity contribution is 5.82. The lowest BCUT2D eigenvalue weighted by molar-refractivity contribution is -0.178. The van der Waals surface area contributed by atoms with E-state index < -0.39 is 53.0 Å². The molecule has 2 saturated carbocycles. The lowest BCUT2D eigenvalue weighted by Crippen LogP contribution is -2.55. The van der Waals surface area contributed by atoms with E-state index in [1.807, 2.05) is 0 Å². The maximum absolute atomic E-state index is 11.7. The second kappa shape index (κ2) is 6.07. The molecule has 2 aliphatic rings. The van der Waals surface area contributed by atoms with Crippen molar-refractivity contribution in [2.45, 2.75) is 33.1 Å². The van der Waals surface area contributed by atoms with Gasteiger partial charge < -0.3 is 20.4 Å². The van der Waals surface area contributed by atoms with Crippen LogP contribution in [0.5, 0.6) is 0 Å². The van der Waals surface area contributed by atoms with Crippen LogP contribution in [0.1, 0.15) is 33.1 Å². The molecule has 2 fully saturated rings. The number of aliphatic carboxylic acids is 4. The lowest BCUT2D eigenvalue weighted by Gasteiger charge is -2.54. The third-order valence-corrected chi connectivity index (χ3v) is 6.05. The minimum atomic E-state index is -1.21. The quantitative estimate of drug-likeness (QED) is 0.596. The van der Waals surface area contributed by atoms with Gasteiger partial charge in [0.2, 0.25) is 0 Å². The third kappa shape index (κ3) is 2.85. The molecule has 134 valence electrons. The zero-order valence-electron chi connectivity index (χ0n) is 13.5. The van der Waals surface area contributed by atoms with E-state index in [2.05, 4.69) is 0 Å². The van der Waals surface area contributed by atoms with Crippen molar-refractivity contribution in [2.75, 3.05) is 0 Å². The Morgan fingerprint density at radius 1 is 0.708 bits per heavy atom. The second-order valence-electron chi connectivity index (χ2n) is 7.55. The highest BCUT2D eigenvalue weighted by Gasteiger charge is 2.59. The van der Waals surface area contributed by atoms with Crippen LogP contribution in [0.25, 0.3) is 0 Å². The van der Waals surface area contributed by atoms with Crippen LogP contribution in [0, 0.1) is 40.9 Å². The first kappa shape index (κ1) is 18.2. The van der Waals surface area contributed by atoms with Crippen molar-refractivity contribution in [2.24, 2.45) is 40.9 Å². The fourth-order valence-electron chi connectivity index (χ4n) is 4.95. The number of fused-ring (bicyclic) bond motifs is 1. The summed E-state index contributed by atoms with van der Waals surface area (Å²) in [6.07, 6.45) is 0.188. The number of carboxylic acids is 4. The summed E-state index contributed by atoms with van der Waals surface area (Å²) in [4.78, 5) is 46.1. The van der Waals surface area contributed by atoms with E-state index in [1.54, 1.807) is 13.8 Å². The highest BCUT2D eigenvalue weighted by Crippen LogP contribution is 2.57. The van der Waals surface area contributed by atoms with Crippen molar-refractivity contribution in [3.63, 3.8) is 0 Å². The molecular weight excluding hydrogens is 320 g/mol. The van der Waals surface area contributed by atoms with E-state index >= 15 is 0 Å². The predicted octanol–water partition coefficient (Wildman–Crippen LogP) is 1.25. The summed E-state index contributed by atoms with van der Waals surface area (Å²) in [5.74, 6) is -9.87. The molecule has 0 heterocycles. The Kier molecular flexibility index (Phi) is 4.61. The molecule has 4 N–H and O–H groups in total. The van der Waals surface area contributed by atoms with Crippen LogP contribution in [0.2, 0.25) is 0 Å². The molecule has 0 saturated heterocycles. The zero-order valence-corrected chi connectivity index (χ0v) is 13.5. The first-order chi connectivity index (χ1) is 11.0. The molecule has 0 bridgehead atoms. The molecule has 6 atom stereocenters. The first-order valence-electron chi connectivity index (χ1n) is 7.89. The van der Waals surface area contributed by atoms with E-state index in [-0.39, 0.29) is 31.1 Å².